The SMILES string of the molecule is Br.COC(=O)[C]1([Zn])CC1. The van der Waals surface area contributed by atoms with Crippen molar-refractivity contribution in [2.24, 2.45) is 0 Å². The summed E-state index contributed by atoms with van der Waals surface area (Å²) in [7, 11) is 1.46. The first-order chi connectivity index (χ1) is 3.69. The maximum absolute atomic E-state index is 10.7. The van der Waals surface area contributed by atoms with Crippen molar-refractivity contribution < 1.29 is 27.8 Å². The zero-order chi connectivity index (χ0) is 6.20. The first-order valence-electron chi connectivity index (χ1n) is 2.63. The van der Waals surface area contributed by atoms with Gasteiger partial charge in [-0.1, -0.05) is 0 Å². The fourth-order valence-electron chi connectivity index (χ4n) is 0.572. The summed E-state index contributed by atoms with van der Waals surface area (Å²) in [6, 6.07) is 0. The summed E-state index contributed by atoms with van der Waals surface area (Å²) in [5.41, 5.74) is 0. The maximum atomic E-state index is 10.7. The quantitative estimate of drug-likeness (QED) is 0.513. The van der Waals surface area contributed by atoms with Crippen LogP contribution in [0.1, 0.15) is 12.8 Å². The first kappa shape index (κ1) is 9.57. The van der Waals surface area contributed by atoms with Crippen LogP contribution in [-0.4, -0.2) is 13.1 Å². The van der Waals surface area contributed by atoms with Gasteiger partial charge < -0.3 is 0 Å². The second kappa shape index (κ2) is 3.11. The summed E-state index contributed by atoms with van der Waals surface area (Å²) in [5, 5.41) is 0. The number of hydrogen-bond donors (Lipinski definition) is 0. The van der Waals surface area contributed by atoms with Crippen LogP contribution in [0.3, 0.4) is 0 Å². The van der Waals surface area contributed by atoms with E-state index in [1.807, 2.05) is 0 Å². The van der Waals surface area contributed by atoms with Gasteiger partial charge >= 0.3 is 57.8 Å². The molecule has 1 aliphatic rings. The molecule has 49 valence electrons. The topological polar surface area (TPSA) is 26.3 Å². The second-order valence-corrected chi connectivity index (χ2v) is 5.11. The van der Waals surface area contributed by atoms with Gasteiger partial charge in [0, 0.05) is 0 Å². The van der Waals surface area contributed by atoms with Crippen LogP contribution >= 0.6 is 17.0 Å². The normalized spacial score (nSPS) is 19.9. The monoisotopic (exact) mass is 243 g/mol. The summed E-state index contributed by atoms with van der Waals surface area (Å²) in [6.45, 7) is 0. The van der Waals surface area contributed by atoms with Crippen molar-refractivity contribution in [3.63, 3.8) is 0 Å². The van der Waals surface area contributed by atoms with Crippen LogP contribution in [0.25, 0.3) is 0 Å². The Morgan fingerprint density at radius 2 is 2.11 bits per heavy atom. The second-order valence-electron chi connectivity index (χ2n) is 2.27. The average molecular weight is 245 g/mol. The number of hydrogen-bond acceptors (Lipinski definition) is 2. The van der Waals surface area contributed by atoms with Gasteiger partial charge in [0.2, 0.25) is 0 Å². The Morgan fingerprint density at radius 3 is 2.22 bits per heavy atom. The van der Waals surface area contributed by atoms with Crippen molar-refractivity contribution in [3.8, 4) is 0 Å². The zero-order valence-electron chi connectivity index (χ0n) is 5.35. The molecular weight excluding hydrogens is 237 g/mol. The van der Waals surface area contributed by atoms with Crippen LogP contribution in [0.4, 0.5) is 0 Å². The molecule has 2 nitrogen and oxygen atoms in total. The van der Waals surface area contributed by atoms with Crippen molar-refractivity contribution >= 4 is 23.0 Å². The minimum absolute atomic E-state index is 0. The number of esters is 1. The number of methoxy groups -OCH3 is 1. The third kappa shape index (κ3) is 2.01. The Kier molecular flexibility index (Phi) is 3.31. The molecule has 0 aromatic heterocycles. The molecule has 0 unspecified atom stereocenters. The Hall–Kier alpha value is 0.573. The van der Waals surface area contributed by atoms with Gasteiger partial charge in [0.15, 0.2) is 0 Å². The number of ether oxygens (including phenoxy) is 1. The molecule has 1 saturated carbocycles. The van der Waals surface area contributed by atoms with E-state index in [9.17, 15) is 4.79 Å². The third-order valence-corrected chi connectivity index (χ3v) is 3.56. The molecule has 0 bridgehead atoms. The van der Waals surface area contributed by atoms with Gasteiger partial charge in [-0.3, -0.25) is 0 Å². The predicted molar refractivity (Wildman–Crippen MR) is 34.3 cm³/mol. The fraction of sp³-hybridized carbons (Fsp3) is 0.800. The van der Waals surface area contributed by atoms with Crippen molar-refractivity contribution in [2.45, 2.75) is 16.9 Å². The van der Waals surface area contributed by atoms with E-state index in [4.69, 9.17) is 0 Å². The Bertz CT molecular complexity index is 122. The van der Waals surface area contributed by atoms with Gasteiger partial charge in [0.05, 0.1) is 0 Å². The standard InChI is InChI=1S/C5H7O2.BrH.Zn/c1-7-5(6)4-2-3-4;;/h2-3H2,1H3;1H;. The van der Waals surface area contributed by atoms with Crippen LogP contribution < -0.4 is 0 Å². The summed E-state index contributed by atoms with van der Waals surface area (Å²) < 4.78 is 4.59. The van der Waals surface area contributed by atoms with Crippen molar-refractivity contribution in [1.82, 2.24) is 0 Å². The predicted octanol–water partition coefficient (Wildman–Crippen LogP) is 1.24. The Labute approximate surface area is 74.8 Å². The number of halogens is 1. The summed E-state index contributed by atoms with van der Waals surface area (Å²) in [6.07, 6.45) is 2.11. The van der Waals surface area contributed by atoms with E-state index in [-0.39, 0.29) is 27.0 Å². The van der Waals surface area contributed by atoms with Gasteiger partial charge in [-0.15, -0.1) is 17.0 Å². The molecule has 1 rings (SSSR count). The van der Waals surface area contributed by atoms with Crippen LogP contribution in [0.5, 0.6) is 0 Å². The molecule has 9 heavy (non-hydrogen) atoms. The van der Waals surface area contributed by atoms with Gasteiger partial charge in [0.25, 0.3) is 0 Å². The van der Waals surface area contributed by atoms with Gasteiger partial charge in [0.1, 0.15) is 0 Å². The molecule has 0 spiro atoms. The van der Waals surface area contributed by atoms with Gasteiger partial charge in [-0.05, 0) is 0 Å². The molecule has 0 aromatic carbocycles. The number of carbonyl (C=O) groups is 1. The van der Waals surface area contributed by atoms with E-state index in [1.165, 1.54) is 7.11 Å². The van der Waals surface area contributed by atoms with Crippen molar-refractivity contribution in [2.75, 3.05) is 7.11 Å². The number of rotatable bonds is 1. The Morgan fingerprint density at radius 1 is 1.67 bits per heavy atom. The fourth-order valence-corrected chi connectivity index (χ4v) is 1.25. The van der Waals surface area contributed by atoms with E-state index in [0.29, 0.717) is 0 Å². The molecule has 1 fully saturated rings. The molecule has 0 aromatic rings. The van der Waals surface area contributed by atoms with Crippen LogP contribution in [0.15, 0.2) is 0 Å². The molecular formula is C5H8BrO2Zn. The van der Waals surface area contributed by atoms with E-state index in [1.54, 1.807) is 0 Å². The summed E-state index contributed by atoms with van der Waals surface area (Å²) in [5.74, 6) is -0.00231. The molecule has 0 amide bonds. The molecule has 0 atom stereocenters. The first-order valence-corrected chi connectivity index (χ1v) is 4.11. The third-order valence-electron chi connectivity index (χ3n) is 1.47. The average Bonchev–Trinajstić information content (AvgIpc) is 2.47. The molecule has 0 saturated heterocycles. The summed E-state index contributed by atoms with van der Waals surface area (Å²) >= 11 is 1.06. The van der Waals surface area contributed by atoms with Crippen LogP contribution in [0, 0.1) is 0 Å². The van der Waals surface area contributed by atoms with E-state index in [2.05, 4.69) is 4.74 Å². The molecule has 0 radical (unpaired) electrons. The van der Waals surface area contributed by atoms with Crippen LogP contribution in [0.2, 0.25) is 4.01 Å². The molecule has 4 heteroatoms. The van der Waals surface area contributed by atoms with Crippen LogP contribution in [-0.2, 0) is 27.8 Å². The van der Waals surface area contributed by atoms with Gasteiger partial charge in [-0.25, -0.2) is 0 Å². The van der Waals surface area contributed by atoms with E-state index >= 15 is 0 Å². The van der Waals surface area contributed by atoms with Crippen molar-refractivity contribution in [3.05, 3.63) is 0 Å². The zero-order valence-corrected chi connectivity index (χ0v) is 10.0. The Balaban J connectivity index is 0.000000640. The molecule has 0 N–H and O–H groups in total. The molecule has 0 aliphatic heterocycles. The van der Waals surface area contributed by atoms with Gasteiger partial charge in [-0.2, -0.15) is 0 Å². The van der Waals surface area contributed by atoms with E-state index < -0.39 is 0 Å². The van der Waals surface area contributed by atoms with Crippen molar-refractivity contribution in [1.29, 1.82) is 0 Å². The minimum atomic E-state index is -0.00231. The number of carbonyl (C=O) groups excluding carboxylic acids is 1. The summed E-state index contributed by atoms with van der Waals surface area (Å²) in [4.78, 5) is 10.7. The van der Waals surface area contributed by atoms with E-state index in [0.717, 1.165) is 31.1 Å². The molecule has 1 aliphatic carbocycles. The molecule has 0 heterocycles.